The third-order valence-electron chi connectivity index (χ3n) is 2.62. The largest absolute Gasteiger partial charge is 0.372 e. The number of benzene rings is 1. The van der Waals surface area contributed by atoms with Crippen LogP contribution in [0.1, 0.15) is 12.5 Å². The van der Waals surface area contributed by atoms with E-state index in [-0.39, 0.29) is 11.6 Å². The lowest BCUT2D eigenvalue weighted by Crippen LogP contribution is -2.35. The van der Waals surface area contributed by atoms with Crippen LogP contribution >= 0.6 is 0 Å². The van der Waals surface area contributed by atoms with Gasteiger partial charge in [0.05, 0.1) is 4.92 Å². The SMILES string of the molecule is COC(C)C(=O)N(C)Cc1cccc([N+](=O)[O-])c1. The summed E-state index contributed by atoms with van der Waals surface area (Å²) in [6, 6.07) is 6.23. The zero-order valence-corrected chi connectivity index (χ0v) is 10.6. The minimum absolute atomic E-state index is 0.0214. The van der Waals surface area contributed by atoms with Gasteiger partial charge >= 0.3 is 0 Å². The van der Waals surface area contributed by atoms with Crippen LogP contribution in [0.5, 0.6) is 0 Å². The molecule has 1 rings (SSSR count). The molecule has 0 N–H and O–H groups in total. The van der Waals surface area contributed by atoms with Crippen LogP contribution in [0.15, 0.2) is 24.3 Å². The molecule has 0 aliphatic carbocycles. The predicted octanol–water partition coefficient (Wildman–Crippen LogP) is 1.59. The number of nitrogens with zero attached hydrogens (tertiary/aromatic N) is 2. The molecule has 0 radical (unpaired) electrons. The molecule has 0 saturated heterocycles. The molecule has 98 valence electrons. The highest BCUT2D eigenvalue weighted by Gasteiger charge is 2.17. The van der Waals surface area contributed by atoms with Gasteiger partial charge < -0.3 is 9.64 Å². The lowest BCUT2D eigenvalue weighted by molar-refractivity contribution is -0.384. The second-order valence-electron chi connectivity index (χ2n) is 4.00. The minimum atomic E-state index is -0.520. The molecule has 0 aliphatic rings. The second-order valence-corrected chi connectivity index (χ2v) is 4.00. The van der Waals surface area contributed by atoms with Crippen molar-refractivity contribution in [1.29, 1.82) is 0 Å². The third kappa shape index (κ3) is 3.53. The smallest absolute Gasteiger partial charge is 0.269 e. The summed E-state index contributed by atoms with van der Waals surface area (Å²) in [5, 5.41) is 10.6. The van der Waals surface area contributed by atoms with Crippen LogP contribution in [0.4, 0.5) is 5.69 Å². The van der Waals surface area contributed by atoms with Crippen molar-refractivity contribution in [2.24, 2.45) is 0 Å². The first-order valence-electron chi connectivity index (χ1n) is 5.46. The Hall–Kier alpha value is -1.95. The molecule has 18 heavy (non-hydrogen) atoms. The molecule has 0 spiro atoms. The number of hydrogen-bond acceptors (Lipinski definition) is 4. The molecule has 6 nitrogen and oxygen atoms in total. The number of methoxy groups -OCH3 is 1. The Labute approximate surface area is 105 Å². The second kappa shape index (κ2) is 6.11. The number of carbonyl (C=O) groups is 1. The van der Waals surface area contributed by atoms with Crippen molar-refractivity contribution in [3.63, 3.8) is 0 Å². The van der Waals surface area contributed by atoms with E-state index in [4.69, 9.17) is 4.74 Å². The first kappa shape index (κ1) is 14.1. The van der Waals surface area contributed by atoms with Crippen LogP contribution < -0.4 is 0 Å². The lowest BCUT2D eigenvalue weighted by Gasteiger charge is -2.20. The van der Waals surface area contributed by atoms with E-state index in [1.807, 2.05) is 0 Å². The summed E-state index contributed by atoms with van der Waals surface area (Å²) in [7, 11) is 3.10. The average Bonchev–Trinajstić information content (AvgIpc) is 2.37. The van der Waals surface area contributed by atoms with Crippen LogP contribution in [0.25, 0.3) is 0 Å². The van der Waals surface area contributed by atoms with E-state index in [1.54, 1.807) is 26.1 Å². The molecule has 1 aromatic rings. The Morgan fingerprint density at radius 1 is 1.56 bits per heavy atom. The van der Waals surface area contributed by atoms with Crippen LogP contribution in [0.3, 0.4) is 0 Å². The maximum Gasteiger partial charge on any atom is 0.269 e. The monoisotopic (exact) mass is 252 g/mol. The molecule has 1 atom stereocenters. The summed E-state index contributed by atoms with van der Waals surface area (Å²) < 4.78 is 4.93. The van der Waals surface area contributed by atoms with Crippen molar-refractivity contribution in [1.82, 2.24) is 4.90 Å². The quantitative estimate of drug-likeness (QED) is 0.589. The van der Waals surface area contributed by atoms with Gasteiger partial charge in [0.2, 0.25) is 0 Å². The number of nitro groups is 1. The van der Waals surface area contributed by atoms with Crippen molar-refractivity contribution in [3.05, 3.63) is 39.9 Å². The molecule has 0 fully saturated rings. The predicted molar refractivity (Wildman–Crippen MR) is 66.0 cm³/mol. The maximum atomic E-state index is 11.8. The van der Waals surface area contributed by atoms with Gasteiger partial charge in [0.25, 0.3) is 11.6 Å². The minimum Gasteiger partial charge on any atom is -0.372 e. The summed E-state index contributed by atoms with van der Waals surface area (Å²) in [5.41, 5.74) is 0.733. The fourth-order valence-corrected chi connectivity index (χ4v) is 1.53. The molecular formula is C12H16N2O4. The number of nitro benzene ring substituents is 1. The molecule has 0 saturated carbocycles. The topological polar surface area (TPSA) is 72.7 Å². The van der Waals surface area contributed by atoms with Gasteiger partial charge in [-0.15, -0.1) is 0 Å². The normalized spacial score (nSPS) is 11.9. The zero-order chi connectivity index (χ0) is 13.7. The molecule has 0 aromatic heterocycles. The Morgan fingerprint density at radius 2 is 2.22 bits per heavy atom. The summed E-state index contributed by atoms with van der Waals surface area (Å²) in [4.78, 5) is 23.4. The number of non-ortho nitro benzene ring substituents is 1. The first-order chi connectivity index (χ1) is 8.45. The first-order valence-corrected chi connectivity index (χ1v) is 5.46. The molecule has 1 unspecified atom stereocenters. The van der Waals surface area contributed by atoms with Crippen molar-refractivity contribution in [3.8, 4) is 0 Å². The molecular weight excluding hydrogens is 236 g/mol. The maximum absolute atomic E-state index is 11.8. The van der Waals surface area contributed by atoms with E-state index in [0.717, 1.165) is 0 Å². The zero-order valence-electron chi connectivity index (χ0n) is 10.6. The number of likely N-dealkylation sites (N-methyl/N-ethyl adjacent to an activating group) is 1. The Bertz CT molecular complexity index is 447. The summed E-state index contributed by atoms with van der Waals surface area (Å²) in [5.74, 6) is -0.163. The lowest BCUT2D eigenvalue weighted by atomic mass is 10.2. The summed E-state index contributed by atoms with van der Waals surface area (Å²) >= 11 is 0. The van der Waals surface area contributed by atoms with Gasteiger partial charge in [-0.25, -0.2) is 0 Å². The molecule has 0 bridgehead atoms. The van der Waals surface area contributed by atoms with Gasteiger partial charge in [-0.3, -0.25) is 14.9 Å². The summed E-state index contributed by atoms with van der Waals surface area (Å²) in [6.45, 7) is 1.97. The van der Waals surface area contributed by atoms with E-state index in [9.17, 15) is 14.9 Å². The van der Waals surface area contributed by atoms with Crippen LogP contribution in [0, 0.1) is 10.1 Å². The Morgan fingerprint density at radius 3 is 2.78 bits per heavy atom. The van der Waals surface area contributed by atoms with E-state index < -0.39 is 11.0 Å². The highest BCUT2D eigenvalue weighted by Crippen LogP contribution is 2.14. The summed E-state index contributed by atoms with van der Waals surface area (Å²) in [6.07, 6.45) is -0.520. The van der Waals surface area contributed by atoms with Crippen molar-refractivity contribution < 1.29 is 14.5 Å². The molecule has 6 heteroatoms. The number of amides is 1. The highest BCUT2D eigenvalue weighted by atomic mass is 16.6. The van der Waals surface area contributed by atoms with Crippen molar-refractivity contribution in [2.75, 3.05) is 14.2 Å². The molecule has 0 heterocycles. The number of carbonyl (C=O) groups excluding carboxylic acids is 1. The van der Waals surface area contributed by atoms with Crippen LogP contribution in [0.2, 0.25) is 0 Å². The van der Waals surface area contributed by atoms with Crippen molar-refractivity contribution >= 4 is 11.6 Å². The van der Waals surface area contributed by atoms with E-state index in [2.05, 4.69) is 0 Å². The van der Waals surface area contributed by atoms with E-state index in [1.165, 1.54) is 24.1 Å². The van der Waals surface area contributed by atoms with Gasteiger partial charge in [-0.05, 0) is 12.5 Å². The van der Waals surface area contributed by atoms with Gasteiger partial charge in [-0.1, -0.05) is 12.1 Å². The number of rotatable bonds is 5. The fraction of sp³-hybridized carbons (Fsp3) is 0.417. The fourth-order valence-electron chi connectivity index (χ4n) is 1.53. The van der Waals surface area contributed by atoms with Gasteiger partial charge in [0.15, 0.2) is 0 Å². The van der Waals surface area contributed by atoms with Crippen molar-refractivity contribution in [2.45, 2.75) is 19.6 Å². The van der Waals surface area contributed by atoms with Gasteiger partial charge in [-0.2, -0.15) is 0 Å². The Kier molecular flexibility index (Phi) is 4.79. The molecule has 1 aromatic carbocycles. The molecule has 1 amide bonds. The highest BCUT2D eigenvalue weighted by molar-refractivity contribution is 5.80. The van der Waals surface area contributed by atoms with Crippen LogP contribution in [-0.2, 0) is 16.1 Å². The standard InChI is InChI=1S/C12H16N2O4/c1-9(18-3)12(15)13(2)8-10-5-4-6-11(7-10)14(16)17/h4-7,9H,8H2,1-3H3. The van der Waals surface area contributed by atoms with E-state index >= 15 is 0 Å². The van der Waals surface area contributed by atoms with E-state index in [0.29, 0.717) is 12.1 Å². The number of ether oxygens (including phenoxy) is 1. The third-order valence-corrected chi connectivity index (χ3v) is 2.62. The van der Waals surface area contributed by atoms with Gasteiger partial charge in [0.1, 0.15) is 6.10 Å². The van der Waals surface area contributed by atoms with Crippen LogP contribution in [-0.4, -0.2) is 36.0 Å². The average molecular weight is 252 g/mol. The van der Waals surface area contributed by atoms with Gasteiger partial charge in [0, 0.05) is 32.8 Å². The Balaban J connectivity index is 2.75. The molecule has 0 aliphatic heterocycles. The number of hydrogen-bond donors (Lipinski definition) is 0.